The zero-order chi connectivity index (χ0) is 18.9. The lowest BCUT2D eigenvalue weighted by molar-refractivity contribution is 0.793. The van der Waals surface area contributed by atoms with Gasteiger partial charge in [-0.25, -0.2) is 0 Å². The molecule has 0 aromatic heterocycles. The molecule has 0 radical (unpaired) electrons. The van der Waals surface area contributed by atoms with Crippen LogP contribution in [0.2, 0.25) is 5.02 Å². The van der Waals surface area contributed by atoms with Crippen LogP contribution >= 0.6 is 11.6 Å². The Morgan fingerprint density at radius 2 is 1.14 bits per heavy atom. The molecule has 130 valence electrons. The largest absolute Gasteiger partial charge is 0.192 e. The van der Waals surface area contributed by atoms with Crippen LogP contribution in [0.15, 0.2) is 84.9 Å². The molecule has 1 nitrogen and oxygen atoms in total. The van der Waals surface area contributed by atoms with Gasteiger partial charge in [-0.1, -0.05) is 84.4 Å². The molecule has 2 aliphatic carbocycles. The van der Waals surface area contributed by atoms with E-state index in [0.717, 1.165) is 27.3 Å². The molecule has 1 spiro atoms. The van der Waals surface area contributed by atoms with Crippen molar-refractivity contribution in [1.82, 2.24) is 0 Å². The first-order chi connectivity index (χ1) is 13.8. The van der Waals surface area contributed by atoms with E-state index < -0.39 is 5.41 Å². The highest BCUT2D eigenvalue weighted by atomic mass is 35.5. The molecule has 0 amide bonds. The number of hydrogen-bond donors (Lipinski definition) is 0. The number of benzene rings is 4. The highest BCUT2D eigenvalue weighted by Gasteiger charge is 2.52. The molecule has 6 rings (SSSR count). The summed E-state index contributed by atoms with van der Waals surface area (Å²) < 4.78 is 0. The fraction of sp³-hybridized carbons (Fsp3) is 0.0385. The standard InChI is InChI=1S/C26H14ClN/c27-23-14-6-13-22-25(23)18-9-2-4-11-20(18)26(22)19-10-3-1-8-17(19)24-16(15-28)7-5-12-21(24)26/h1-14H. The number of hydrogen-bond acceptors (Lipinski definition) is 1. The maximum Gasteiger partial charge on any atom is 0.0998 e. The molecule has 4 aromatic rings. The van der Waals surface area contributed by atoms with Gasteiger partial charge >= 0.3 is 0 Å². The van der Waals surface area contributed by atoms with E-state index in [1.54, 1.807) is 0 Å². The van der Waals surface area contributed by atoms with E-state index in [1.165, 1.54) is 27.8 Å². The third kappa shape index (κ3) is 1.63. The van der Waals surface area contributed by atoms with E-state index in [9.17, 15) is 5.26 Å². The summed E-state index contributed by atoms with van der Waals surface area (Å²) in [6.07, 6.45) is 0. The van der Waals surface area contributed by atoms with Crippen LogP contribution in [-0.4, -0.2) is 0 Å². The molecule has 0 fully saturated rings. The molecule has 1 unspecified atom stereocenters. The summed E-state index contributed by atoms with van der Waals surface area (Å²) in [6, 6.07) is 31.7. The van der Waals surface area contributed by atoms with Gasteiger partial charge in [0.1, 0.15) is 0 Å². The second kappa shape index (κ2) is 5.35. The molecular weight excluding hydrogens is 362 g/mol. The molecule has 4 aromatic carbocycles. The van der Waals surface area contributed by atoms with Gasteiger partial charge in [-0.3, -0.25) is 0 Å². The minimum Gasteiger partial charge on any atom is -0.192 e. The third-order valence-electron chi connectivity index (χ3n) is 6.21. The normalized spacial score (nSPS) is 17.6. The summed E-state index contributed by atoms with van der Waals surface area (Å²) in [6.45, 7) is 0. The zero-order valence-corrected chi connectivity index (χ0v) is 15.7. The van der Waals surface area contributed by atoms with Crippen molar-refractivity contribution in [1.29, 1.82) is 5.26 Å². The van der Waals surface area contributed by atoms with Gasteiger partial charge in [0.25, 0.3) is 0 Å². The van der Waals surface area contributed by atoms with Crippen molar-refractivity contribution in [2.24, 2.45) is 0 Å². The van der Waals surface area contributed by atoms with E-state index in [4.69, 9.17) is 11.6 Å². The minimum atomic E-state index is -0.435. The van der Waals surface area contributed by atoms with Crippen molar-refractivity contribution in [2.75, 3.05) is 0 Å². The second-order valence-corrected chi connectivity index (χ2v) is 7.75. The minimum absolute atomic E-state index is 0.435. The van der Waals surface area contributed by atoms with Crippen LogP contribution in [0.25, 0.3) is 22.3 Å². The quantitative estimate of drug-likeness (QED) is 0.295. The number of halogens is 1. The summed E-state index contributed by atoms with van der Waals surface area (Å²) >= 11 is 6.72. The van der Waals surface area contributed by atoms with Gasteiger partial charge in [0.2, 0.25) is 0 Å². The Morgan fingerprint density at radius 3 is 1.82 bits per heavy atom. The van der Waals surface area contributed by atoms with E-state index in [0.29, 0.717) is 0 Å². The molecule has 28 heavy (non-hydrogen) atoms. The highest BCUT2D eigenvalue weighted by Crippen LogP contribution is 2.63. The van der Waals surface area contributed by atoms with Crippen LogP contribution < -0.4 is 0 Å². The fourth-order valence-electron chi connectivity index (χ4n) is 5.29. The molecule has 0 saturated heterocycles. The lowest BCUT2D eigenvalue weighted by Gasteiger charge is -2.30. The average Bonchev–Trinajstić information content (AvgIpc) is 3.22. The van der Waals surface area contributed by atoms with Crippen molar-refractivity contribution < 1.29 is 0 Å². The smallest absolute Gasteiger partial charge is 0.0998 e. The topological polar surface area (TPSA) is 23.8 Å². The van der Waals surface area contributed by atoms with Crippen LogP contribution in [-0.2, 0) is 5.41 Å². The molecule has 0 heterocycles. The predicted octanol–water partition coefficient (Wildman–Crippen LogP) is 6.56. The predicted molar refractivity (Wildman–Crippen MR) is 112 cm³/mol. The number of fused-ring (bicyclic) bond motifs is 10. The maximum atomic E-state index is 9.82. The van der Waals surface area contributed by atoms with Gasteiger partial charge in [0.05, 0.1) is 17.0 Å². The number of nitrogens with zero attached hydrogens (tertiary/aromatic N) is 1. The van der Waals surface area contributed by atoms with E-state index >= 15 is 0 Å². The van der Waals surface area contributed by atoms with Gasteiger partial charge in [-0.15, -0.1) is 0 Å². The number of nitriles is 1. The number of rotatable bonds is 0. The summed E-state index contributed by atoms with van der Waals surface area (Å²) in [4.78, 5) is 0. The van der Waals surface area contributed by atoms with E-state index in [1.807, 2.05) is 24.3 Å². The van der Waals surface area contributed by atoms with E-state index in [-0.39, 0.29) is 0 Å². The van der Waals surface area contributed by atoms with Crippen LogP contribution in [0, 0.1) is 11.3 Å². The van der Waals surface area contributed by atoms with Gasteiger partial charge in [-0.05, 0) is 45.5 Å². The third-order valence-corrected chi connectivity index (χ3v) is 6.52. The van der Waals surface area contributed by atoms with Crippen molar-refractivity contribution in [2.45, 2.75) is 5.41 Å². The van der Waals surface area contributed by atoms with Gasteiger partial charge < -0.3 is 0 Å². The summed E-state index contributed by atoms with van der Waals surface area (Å²) in [7, 11) is 0. The van der Waals surface area contributed by atoms with Crippen LogP contribution in [0.4, 0.5) is 0 Å². The first-order valence-corrected chi connectivity index (χ1v) is 9.68. The lowest BCUT2D eigenvalue weighted by Crippen LogP contribution is -2.25. The van der Waals surface area contributed by atoms with Crippen LogP contribution in [0.5, 0.6) is 0 Å². The molecule has 2 aliphatic rings. The molecule has 2 heteroatoms. The first-order valence-electron chi connectivity index (χ1n) is 9.31. The monoisotopic (exact) mass is 375 g/mol. The second-order valence-electron chi connectivity index (χ2n) is 7.34. The van der Waals surface area contributed by atoms with Gasteiger partial charge in [0.15, 0.2) is 0 Å². The van der Waals surface area contributed by atoms with Crippen molar-refractivity contribution in [3.63, 3.8) is 0 Å². The Labute approximate surface area is 168 Å². The molecule has 1 atom stereocenters. The summed E-state index contributed by atoms with van der Waals surface area (Å²) in [5.74, 6) is 0. The highest BCUT2D eigenvalue weighted by molar-refractivity contribution is 6.34. The Hall–Kier alpha value is -3.34. The summed E-state index contributed by atoms with van der Waals surface area (Å²) in [5.41, 5.74) is 9.56. The Balaban J connectivity index is 1.90. The van der Waals surface area contributed by atoms with Crippen molar-refractivity contribution >= 4 is 11.6 Å². The molecule has 0 saturated carbocycles. The summed E-state index contributed by atoms with van der Waals surface area (Å²) in [5, 5.41) is 10.6. The SMILES string of the molecule is N#Cc1cccc2c1-c1ccccc1C21c2ccccc2-c2c(Cl)cccc21. The van der Waals surface area contributed by atoms with Gasteiger partial charge in [0, 0.05) is 16.1 Å². The first kappa shape index (κ1) is 15.7. The lowest BCUT2D eigenvalue weighted by atomic mass is 9.70. The van der Waals surface area contributed by atoms with Crippen LogP contribution in [0.3, 0.4) is 0 Å². The van der Waals surface area contributed by atoms with Crippen molar-refractivity contribution in [3.05, 3.63) is 118 Å². The van der Waals surface area contributed by atoms with E-state index in [2.05, 4.69) is 66.7 Å². The average molecular weight is 376 g/mol. The molecule has 0 N–H and O–H groups in total. The van der Waals surface area contributed by atoms with Crippen molar-refractivity contribution in [3.8, 4) is 28.3 Å². The van der Waals surface area contributed by atoms with Gasteiger partial charge in [-0.2, -0.15) is 5.26 Å². The fourth-order valence-corrected chi connectivity index (χ4v) is 5.56. The zero-order valence-electron chi connectivity index (χ0n) is 14.9. The molecule has 0 aliphatic heterocycles. The maximum absolute atomic E-state index is 9.82. The Bertz CT molecular complexity index is 1340. The Morgan fingerprint density at radius 1 is 0.607 bits per heavy atom. The molecule has 0 bridgehead atoms. The van der Waals surface area contributed by atoms with Crippen LogP contribution in [0.1, 0.15) is 27.8 Å². The molecular formula is C26H14ClN. The Kier molecular flexibility index (Phi) is 3.00.